The third-order valence-electron chi connectivity index (χ3n) is 3.64. The first-order valence-corrected chi connectivity index (χ1v) is 5.30. The van der Waals surface area contributed by atoms with E-state index in [1.54, 1.807) is 0 Å². The molecule has 0 radical (unpaired) electrons. The van der Waals surface area contributed by atoms with Crippen LogP contribution >= 0.6 is 0 Å². The van der Waals surface area contributed by atoms with E-state index in [4.69, 9.17) is 4.84 Å². The molecule has 2 aliphatic heterocycles. The van der Waals surface area contributed by atoms with Gasteiger partial charge in [0.25, 0.3) is 0 Å². The van der Waals surface area contributed by atoms with Crippen molar-refractivity contribution in [3.63, 3.8) is 0 Å². The van der Waals surface area contributed by atoms with Crippen molar-refractivity contribution in [2.45, 2.75) is 37.5 Å². The molecule has 3 N–H and O–H groups in total. The Labute approximate surface area is 78.4 Å². The summed E-state index contributed by atoms with van der Waals surface area (Å²) in [6.45, 7) is 1.97. The maximum Gasteiger partial charge on any atom is 0.0986 e. The second kappa shape index (κ2) is 3.20. The highest BCUT2D eigenvalue weighted by atomic mass is 16.7. The molecule has 0 aromatic carbocycles. The van der Waals surface area contributed by atoms with Gasteiger partial charge in [0, 0.05) is 19.3 Å². The van der Waals surface area contributed by atoms with Crippen molar-refractivity contribution in [1.29, 1.82) is 0 Å². The van der Waals surface area contributed by atoms with Crippen LogP contribution in [0.5, 0.6) is 0 Å². The van der Waals surface area contributed by atoms with E-state index in [1.165, 1.54) is 19.3 Å². The molecule has 2 saturated heterocycles. The monoisotopic (exact) mass is 183 g/mol. The van der Waals surface area contributed by atoms with Crippen molar-refractivity contribution < 1.29 is 4.84 Å². The quantitative estimate of drug-likeness (QED) is 0.477. The molecule has 3 aliphatic rings. The van der Waals surface area contributed by atoms with Crippen molar-refractivity contribution >= 4 is 0 Å². The molecule has 2 heterocycles. The Bertz CT molecular complexity index is 199. The fourth-order valence-corrected chi connectivity index (χ4v) is 2.93. The lowest BCUT2D eigenvalue weighted by molar-refractivity contribution is -0.117. The standard InChI is InChI=1S/C9H17N3O/c1-2-7-8(11-5-10-7)9-6(1)3-4-12-13-9/h6-12H,1-5H2. The van der Waals surface area contributed by atoms with E-state index in [9.17, 15) is 0 Å². The second-order valence-corrected chi connectivity index (χ2v) is 4.32. The van der Waals surface area contributed by atoms with Gasteiger partial charge in [0.15, 0.2) is 0 Å². The number of nitrogens with one attached hydrogen (secondary N) is 3. The molecule has 0 aromatic rings. The van der Waals surface area contributed by atoms with E-state index in [2.05, 4.69) is 16.1 Å². The van der Waals surface area contributed by atoms with Gasteiger partial charge >= 0.3 is 0 Å². The van der Waals surface area contributed by atoms with Gasteiger partial charge in [-0.2, -0.15) is 0 Å². The summed E-state index contributed by atoms with van der Waals surface area (Å²) in [4.78, 5) is 5.64. The average Bonchev–Trinajstić information content (AvgIpc) is 2.65. The highest BCUT2D eigenvalue weighted by molar-refractivity contribution is 5.00. The minimum absolute atomic E-state index is 0.391. The summed E-state index contributed by atoms with van der Waals surface area (Å²) in [6, 6.07) is 1.17. The Kier molecular flexibility index (Phi) is 2.01. The maximum atomic E-state index is 5.64. The van der Waals surface area contributed by atoms with E-state index in [0.717, 1.165) is 19.1 Å². The van der Waals surface area contributed by atoms with Crippen LogP contribution in [0.1, 0.15) is 19.3 Å². The van der Waals surface area contributed by atoms with Crippen molar-refractivity contribution in [1.82, 2.24) is 16.1 Å². The molecule has 0 bridgehead atoms. The third-order valence-corrected chi connectivity index (χ3v) is 3.64. The topological polar surface area (TPSA) is 45.3 Å². The number of fused-ring (bicyclic) bond motifs is 3. The smallest absolute Gasteiger partial charge is 0.0986 e. The average molecular weight is 183 g/mol. The fourth-order valence-electron chi connectivity index (χ4n) is 2.93. The summed E-state index contributed by atoms with van der Waals surface area (Å²) in [6.07, 6.45) is 4.29. The summed E-state index contributed by atoms with van der Waals surface area (Å²) in [5, 5.41) is 6.95. The molecule has 4 nitrogen and oxygen atoms in total. The summed E-state index contributed by atoms with van der Waals surface area (Å²) in [5.41, 5.74) is 3.03. The van der Waals surface area contributed by atoms with Gasteiger partial charge in [-0.1, -0.05) is 0 Å². The Hall–Kier alpha value is -0.160. The lowest BCUT2D eigenvalue weighted by Gasteiger charge is -2.41. The predicted octanol–water partition coefficient (Wildman–Crippen LogP) is -0.423. The molecular formula is C9H17N3O. The zero-order valence-corrected chi connectivity index (χ0v) is 7.75. The number of hydrogen-bond acceptors (Lipinski definition) is 4. The highest BCUT2D eigenvalue weighted by Crippen LogP contribution is 2.32. The first kappa shape index (κ1) is 8.17. The minimum Gasteiger partial charge on any atom is -0.300 e. The Morgan fingerprint density at radius 1 is 1.08 bits per heavy atom. The van der Waals surface area contributed by atoms with Crippen LogP contribution in [0.25, 0.3) is 0 Å². The van der Waals surface area contributed by atoms with Crippen molar-refractivity contribution in [3.05, 3.63) is 0 Å². The molecule has 3 rings (SSSR count). The lowest BCUT2D eigenvalue weighted by Crippen LogP contribution is -2.56. The largest absolute Gasteiger partial charge is 0.300 e. The van der Waals surface area contributed by atoms with Crippen molar-refractivity contribution in [2.24, 2.45) is 5.92 Å². The van der Waals surface area contributed by atoms with E-state index in [0.29, 0.717) is 18.2 Å². The molecule has 1 saturated carbocycles. The van der Waals surface area contributed by atoms with Gasteiger partial charge in [0.2, 0.25) is 0 Å². The summed E-state index contributed by atoms with van der Waals surface area (Å²) >= 11 is 0. The van der Waals surface area contributed by atoms with E-state index >= 15 is 0 Å². The van der Waals surface area contributed by atoms with Crippen LogP contribution in [0.2, 0.25) is 0 Å². The fraction of sp³-hybridized carbons (Fsp3) is 1.00. The molecule has 4 unspecified atom stereocenters. The Morgan fingerprint density at radius 3 is 3.08 bits per heavy atom. The van der Waals surface area contributed by atoms with Gasteiger partial charge in [-0.05, 0) is 25.2 Å². The maximum absolute atomic E-state index is 5.64. The SMILES string of the molecule is C1CC2CCC3NCNC3C2ON1. The third kappa shape index (κ3) is 1.29. The van der Waals surface area contributed by atoms with Crippen molar-refractivity contribution in [3.8, 4) is 0 Å². The molecular weight excluding hydrogens is 166 g/mol. The summed E-state index contributed by atoms with van der Waals surface area (Å²) in [7, 11) is 0. The number of rotatable bonds is 0. The van der Waals surface area contributed by atoms with Crippen LogP contribution in [0, 0.1) is 5.92 Å². The minimum atomic E-state index is 0.391. The molecule has 0 amide bonds. The first-order valence-electron chi connectivity index (χ1n) is 5.30. The Balaban J connectivity index is 1.77. The molecule has 13 heavy (non-hydrogen) atoms. The summed E-state index contributed by atoms with van der Waals surface area (Å²) in [5.74, 6) is 0.773. The van der Waals surface area contributed by atoms with Crippen LogP contribution in [0.15, 0.2) is 0 Å². The highest BCUT2D eigenvalue weighted by Gasteiger charge is 2.43. The van der Waals surface area contributed by atoms with Crippen molar-refractivity contribution in [2.75, 3.05) is 13.2 Å². The van der Waals surface area contributed by atoms with E-state index < -0.39 is 0 Å². The number of hydroxylamine groups is 1. The molecule has 4 atom stereocenters. The van der Waals surface area contributed by atoms with Gasteiger partial charge in [0.05, 0.1) is 12.1 Å². The van der Waals surface area contributed by atoms with E-state index in [-0.39, 0.29) is 0 Å². The van der Waals surface area contributed by atoms with E-state index in [1.807, 2.05) is 0 Å². The van der Waals surface area contributed by atoms with Crippen LogP contribution in [0.4, 0.5) is 0 Å². The molecule has 4 heteroatoms. The van der Waals surface area contributed by atoms with Gasteiger partial charge < -0.3 is 5.32 Å². The van der Waals surface area contributed by atoms with Gasteiger partial charge in [-0.15, -0.1) is 0 Å². The molecule has 1 aliphatic carbocycles. The van der Waals surface area contributed by atoms with Crippen LogP contribution < -0.4 is 16.1 Å². The molecule has 0 aromatic heterocycles. The molecule has 0 spiro atoms. The first-order chi connectivity index (χ1) is 6.45. The molecule has 74 valence electrons. The van der Waals surface area contributed by atoms with Crippen LogP contribution in [-0.2, 0) is 4.84 Å². The van der Waals surface area contributed by atoms with Gasteiger partial charge in [-0.3, -0.25) is 10.2 Å². The van der Waals surface area contributed by atoms with Crippen LogP contribution in [-0.4, -0.2) is 31.4 Å². The predicted molar refractivity (Wildman–Crippen MR) is 48.9 cm³/mol. The van der Waals surface area contributed by atoms with Crippen LogP contribution in [0.3, 0.4) is 0 Å². The van der Waals surface area contributed by atoms with Gasteiger partial charge in [-0.25, -0.2) is 5.48 Å². The van der Waals surface area contributed by atoms with Gasteiger partial charge in [0.1, 0.15) is 0 Å². The normalized spacial score (nSPS) is 49.8. The summed E-state index contributed by atoms with van der Waals surface area (Å²) < 4.78 is 0. The zero-order valence-electron chi connectivity index (χ0n) is 7.75. The second-order valence-electron chi connectivity index (χ2n) is 4.32. The zero-order chi connectivity index (χ0) is 8.67. The number of hydrogen-bond donors (Lipinski definition) is 3. The Morgan fingerprint density at radius 2 is 2.08 bits per heavy atom. The lowest BCUT2D eigenvalue weighted by atomic mass is 9.78. The molecule has 3 fully saturated rings.